The van der Waals surface area contributed by atoms with Gasteiger partial charge in [0.1, 0.15) is 5.82 Å². The second kappa shape index (κ2) is 5.96. The third-order valence-corrected chi connectivity index (χ3v) is 5.82. The Labute approximate surface area is 149 Å². The van der Waals surface area contributed by atoms with Crippen molar-refractivity contribution >= 4 is 5.82 Å². The lowest BCUT2D eigenvalue weighted by Crippen LogP contribution is -2.49. The number of nitrogens with two attached hydrogens (primary N) is 1. The van der Waals surface area contributed by atoms with E-state index in [1.54, 1.807) is 0 Å². The van der Waals surface area contributed by atoms with Crippen molar-refractivity contribution in [1.29, 1.82) is 0 Å². The molecule has 1 aliphatic heterocycles. The summed E-state index contributed by atoms with van der Waals surface area (Å²) in [6.45, 7) is 1.22. The van der Waals surface area contributed by atoms with Crippen LogP contribution >= 0.6 is 0 Å². The minimum absolute atomic E-state index is 0.390. The smallest absolute Gasteiger partial charge is 0.390 e. The van der Waals surface area contributed by atoms with Crippen LogP contribution in [-0.2, 0) is 11.6 Å². The highest BCUT2D eigenvalue weighted by Gasteiger charge is 2.51. The first-order valence-electron chi connectivity index (χ1n) is 8.64. The summed E-state index contributed by atoms with van der Waals surface area (Å²) in [5, 5.41) is 10.8. The number of aromatic nitrogens is 1. The Balaban J connectivity index is 1.55. The van der Waals surface area contributed by atoms with E-state index in [0.29, 0.717) is 31.7 Å². The molecule has 0 amide bonds. The van der Waals surface area contributed by atoms with Gasteiger partial charge in [-0.25, -0.2) is 4.98 Å². The lowest BCUT2D eigenvalue weighted by Gasteiger charge is -2.43. The summed E-state index contributed by atoms with van der Waals surface area (Å²) in [6.07, 6.45) is -2.80. The van der Waals surface area contributed by atoms with Gasteiger partial charge in [-0.15, -0.1) is 0 Å². The molecule has 2 aromatic rings. The zero-order chi connectivity index (χ0) is 18.5. The molecular weight excluding hydrogens is 343 g/mol. The van der Waals surface area contributed by atoms with E-state index < -0.39 is 29.3 Å². The predicted octanol–water partition coefficient (Wildman–Crippen LogP) is 3.01. The Bertz CT molecular complexity index is 798. The van der Waals surface area contributed by atoms with Gasteiger partial charge in [-0.2, -0.15) is 13.2 Å². The van der Waals surface area contributed by atoms with Gasteiger partial charge in [-0.3, -0.25) is 0 Å². The van der Waals surface area contributed by atoms with Crippen LogP contribution in [0, 0.1) is 0 Å². The first-order chi connectivity index (χ1) is 12.3. The number of fused-ring (bicyclic) bond motifs is 2. The van der Waals surface area contributed by atoms with Crippen LogP contribution < -0.4 is 10.6 Å². The van der Waals surface area contributed by atoms with Crippen LogP contribution in [0.2, 0.25) is 0 Å². The van der Waals surface area contributed by atoms with Crippen molar-refractivity contribution in [1.82, 2.24) is 4.98 Å². The molecule has 0 unspecified atom stereocenters. The van der Waals surface area contributed by atoms with Gasteiger partial charge < -0.3 is 15.7 Å². The van der Waals surface area contributed by atoms with Crippen molar-refractivity contribution in [3.63, 3.8) is 0 Å². The molecule has 1 saturated heterocycles. The zero-order valence-electron chi connectivity index (χ0n) is 14.1. The number of rotatable bonds is 1. The largest absolute Gasteiger partial charge is 0.417 e. The molecule has 4 nitrogen and oxygen atoms in total. The molecule has 1 aromatic carbocycles. The lowest BCUT2D eigenvalue weighted by atomic mass is 9.72. The third-order valence-electron chi connectivity index (χ3n) is 5.82. The van der Waals surface area contributed by atoms with Gasteiger partial charge in [0, 0.05) is 24.7 Å². The summed E-state index contributed by atoms with van der Waals surface area (Å²) in [4.78, 5) is 5.94. The topological polar surface area (TPSA) is 62.4 Å². The molecule has 0 radical (unpaired) electrons. The maximum absolute atomic E-state index is 12.7. The summed E-state index contributed by atoms with van der Waals surface area (Å²) in [5.41, 5.74) is 7.16. The highest BCUT2D eigenvalue weighted by Crippen LogP contribution is 2.50. The average Bonchev–Trinajstić information content (AvgIpc) is 2.85. The summed E-state index contributed by atoms with van der Waals surface area (Å²) in [7, 11) is 0. The number of aliphatic hydroxyl groups is 1. The zero-order valence-corrected chi connectivity index (χ0v) is 14.1. The second-order valence-corrected chi connectivity index (χ2v) is 7.10. The first-order valence-corrected chi connectivity index (χ1v) is 8.64. The van der Waals surface area contributed by atoms with Crippen molar-refractivity contribution in [3.05, 3.63) is 59.3 Å². The van der Waals surface area contributed by atoms with Gasteiger partial charge in [0.15, 0.2) is 0 Å². The molecule has 2 heterocycles. The quantitative estimate of drug-likeness (QED) is 0.818. The number of aliphatic hydroxyl groups excluding tert-OH is 1. The molecule has 26 heavy (non-hydrogen) atoms. The SMILES string of the molecule is N[C@@H]1c2ccccc2C2(CCN(c3ccc(C(F)(F)F)cn3)CC2)[C@H]1O. The maximum atomic E-state index is 12.7. The van der Waals surface area contributed by atoms with Crippen LogP contribution in [0.5, 0.6) is 0 Å². The number of benzene rings is 1. The Kier molecular flexibility index (Phi) is 3.96. The van der Waals surface area contributed by atoms with Crippen molar-refractivity contribution in [2.24, 2.45) is 5.73 Å². The minimum atomic E-state index is -4.38. The standard InChI is InChI=1S/C19H20F3N3O/c20-19(21,22)12-5-6-15(24-11-12)25-9-7-18(8-10-25)14-4-2-1-3-13(14)16(23)17(18)26/h1-6,11,16-17,26H,7-10,23H2/t16-,17+/m1/s1. The third kappa shape index (κ3) is 2.57. The van der Waals surface area contributed by atoms with Gasteiger partial charge in [0.2, 0.25) is 0 Å². The molecule has 1 aliphatic carbocycles. The number of anilines is 1. The van der Waals surface area contributed by atoms with Gasteiger partial charge in [0.05, 0.1) is 17.7 Å². The normalized spacial score (nSPS) is 24.7. The lowest BCUT2D eigenvalue weighted by molar-refractivity contribution is -0.137. The molecule has 7 heteroatoms. The van der Waals surface area contributed by atoms with E-state index in [2.05, 4.69) is 4.98 Å². The summed E-state index contributed by atoms with van der Waals surface area (Å²) in [5.74, 6) is 0.526. The van der Waals surface area contributed by atoms with E-state index in [-0.39, 0.29) is 0 Å². The first kappa shape index (κ1) is 17.3. The molecule has 3 N–H and O–H groups in total. The van der Waals surface area contributed by atoms with E-state index in [4.69, 9.17) is 5.73 Å². The van der Waals surface area contributed by atoms with Crippen LogP contribution in [0.3, 0.4) is 0 Å². The number of nitrogens with zero attached hydrogens (tertiary/aromatic N) is 2. The van der Waals surface area contributed by atoms with Gasteiger partial charge in [-0.1, -0.05) is 24.3 Å². The fourth-order valence-electron chi connectivity index (χ4n) is 4.35. The van der Waals surface area contributed by atoms with Crippen molar-refractivity contribution < 1.29 is 18.3 Å². The number of halogens is 3. The number of piperidine rings is 1. The van der Waals surface area contributed by atoms with Crippen LogP contribution in [-0.4, -0.2) is 29.3 Å². The second-order valence-electron chi connectivity index (χ2n) is 7.10. The minimum Gasteiger partial charge on any atom is -0.390 e. The van der Waals surface area contributed by atoms with E-state index in [1.807, 2.05) is 29.2 Å². The summed E-state index contributed by atoms with van der Waals surface area (Å²) >= 11 is 0. The van der Waals surface area contributed by atoms with Crippen LogP contribution in [0.25, 0.3) is 0 Å². The molecule has 0 saturated carbocycles. The molecule has 2 atom stereocenters. The molecule has 1 aromatic heterocycles. The summed E-state index contributed by atoms with van der Waals surface area (Å²) in [6, 6.07) is 9.93. The van der Waals surface area contributed by atoms with Crippen LogP contribution in [0.1, 0.15) is 35.6 Å². The Morgan fingerprint density at radius 1 is 1.12 bits per heavy atom. The van der Waals surface area contributed by atoms with Gasteiger partial charge in [-0.05, 0) is 36.1 Å². The van der Waals surface area contributed by atoms with E-state index in [9.17, 15) is 18.3 Å². The molecule has 1 spiro atoms. The average molecular weight is 363 g/mol. The van der Waals surface area contributed by atoms with Crippen molar-refractivity contribution in [3.8, 4) is 0 Å². The number of alkyl halides is 3. The van der Waals surface area contributed by atoms with Crippen molar-refractivity contribution in [2.45, 2.75) is 36.6 Å². The number of pyridine rings is 1. The fourth-order valence-corrected chi connectivity index (χ4v) is 4.35. The highest BCUT2D eigenvalue weighted by molar-refractivity contribution is 5.48. The van der Waals surface area contributed by atoms with Crippen LogP contribution in [0.4, 0.5) is 19.0 Å². The van der Waals surface area contributed by atoms with Gasteiger partial charge in [0.25, 0.3) is 0 Å². The monoisotopic (exact) mass is 363 g/mol. The maximum Gasteiger partial charge on any atom is 0.417 e. The molecule has 2 aliphatic rings. The Morgan fingerprint density at radius 2 is 1.81 bits per heavy atom. The Hall–Kier alpha value is -2.12. The Morgan fingerprint density at radius 3 is 2.42 bits per heavy atom. The fraction of sp³-hybridized carbons (Fsp3) is 0.421. The highest BCUT2D eigenvalue weighted by atomic mass is 19.4. The number of hydrogen-bond donors (Lipinski definition) is 2. The van der Waals surface area contributed by atoms with Crippen LogP contribution in [0.15, 0.2) is 42.6 Å². The van der Waals surface area contributed by atoms with Crippen molar-refractivity contribution in [2.75, 3.05) is 18.0 Å². The molecule has 138 valence electrons. The molecule has 4 rings (SSSR count). The summed E-state index contributed by atoms with van der Waals surface area (Å²) < 4.78 is 38.1. The van der Waals surface area contributed by atoms with E-state index in [1.165, 1.54) is 6.07 Å². The number of hydrogen-bond acceptors (Lipinski definition) is 4. The van der Waals surface area contributed by atoms with Gasteiger partial charge >= 0.3 is 6.18 Å². The molecular formula is C19H20F3N3O. The predicted molar refractivity (Wildman–Crippen MR) is 91.7 cm³/mol. The molecule has 0 bridgehead atoms. The molecule has 1 fully saturated rings. The van der Waals surface area contributed by atoms with E-state index >= 15 is 0 Å². The van der Waals surface area contributed by atoms with E-state index in [0.717, 1.165) is 23.4 Å².